The van der Waals surface area contributed by atoms with E-state index in [1.165, 1.54) is 0 Å². The van der Waals surface area contributed by atoms with Crippen molar-refractivity contribution in [3.05, 3.63) is 56.7 Å². The quantitative estimate of drug-likeness (QED) is 0.611. The monoisotopic (exact) mass is 338 g/mol. The SMILES string of the molecule is S=c1[nH]c2cc(Cl)ccc2n1-c1ccccc1Br. The van der Waals surface area contributed by atoms with Crippen LogP contribution in [0.4, 0.5) is 0 Å². The van der Waals surface area contributed by atoms with Crippen LogP contribution in [0, 0.1) is 4.77 Å². The summed E-state index contributed by atoms with van der Waals surface area (Å²) in [5.74, 6) is 0. The second-order valence-corrected chi connectivity index (χ2v) is 5.56. The van der Waals surface area contributed by atoms with Gasteiger partial charge in [0.15, 0.2) is 4.77 Å². The molecule has 0 aliphatic carbocycles. The number of rotatable bonds is 1. The molecule has 1 heterocycles. The molecular weight excluding hydrogens is 332 g/mol. The first kappa shape index (κ1) is 12.0. The summed E-state index contributed by atoms with van der Waals surface area (Å²) < 4.78 is 3.64. The first-order valence-electron chi connectivity index (χ1n) is 5.32. The molecule has 0 amide bonds. The van der Waals surface area contributed by atoms with Crippen LogP contribution in [0.2, 0.25) is 5.02 Å². The van der Waals surface area contributed by atoms with Crippen LogP contribution >= 0.6 is 39.7 Å². The van der Waals surface area contributed by atoms with Crippen molar-refractivity contribution in [3.63, 3.8) is 0 Å². The van der Waals surface area contributed by atoms with Crippen molar-refractivity contribution in [2.24, 2.45) is 0 Å². The maximum Gasteiger partial charge on any atom is 0.182 e. The Hall–Kier alpha value is -1.10. The molecule has 0 atom stereocenters. The van der Waals surface area contributed by atoms with Gasteiger partial charge in [-0.15, -0.1) is 0 Å². The molecule has 0 bridgehead atoms. The van der Waals surface area contributed by atoms with Crippen molar-refractivity contribution in [3.8, 4) is 5.69 Å². The molecular formula is C13H8BrClN2S. The maximum absolute atomic E-state index is 5.99. The zero-order valence-electron chi connectivity index (χ0n) is 9.15. The van der Waals surface area contributed by atoms with Crippen LogP contribution < -0.4 is 0 Å². The Morgan fingerprint density at radius 3 is 2.72 bits per heavy atom. The molecule has 0 fully saturated rings. The summed E-state index contributed by atoms with van der Waals surface area (Å²) in [6, 6.07) is 13.7. The van der Waals surface area contributed by atoms with E-state index in [2.05, 4.69) is 20.9 Å². The van der Waals surface area contributed by atoms with Gasteiger partial charge in [0.2, 0.25) is 0 Å². The van der Waals surface area contributed by atoms with Gasteiger partial charge in [-0.1, -0.05) is 23.7 Å². The zero-order chi connectivity index (χ0) is 12.7. The molecule has 1 N–H and O–H groups in total. The minimum atomic E-state index is 0.652. The number of nitrogens with zero attached hydrogens (tertiary/aromatic N) is 1. The number of hydrogen-bond donors (Lipinski definition) is 1. The number of para-hydroxylation sites is 1. The predicted molar refractivity (Wildman–Crippen MR) is 81.2 cm³/mol. The average Bonchev–Trinajstić information content (AvgIpc) is 2.65. The highest BCUT2D eigenvalue weighted by atomic mass is 79.9. The normalized spacial score (nSPS) is 11.0. The fourth-order valence-electron chi connectivity index (χ4n) is 1.96. The minimum Gasteiger partial charge on any atom is -0.330 e. The number of imidazole rings is 1. The number of nitrogens with one attached hydrogen (secondary N) is 1. The molecule has 0 saturated carbocycles. The van der Waals surface area contributed by atoms with Gasteiger partial charge in [0.1, 0.15) is 0 Å². The third-order valence-electron chi connectivity index (χ3n) is 2.74. The molecule has 0 aliphatic rings. The van der Waals surface area contributed by atoms with Crippen LogP contribution in [0.25, 0.3) is 16.7 Å². The summed E-state index contributed by atoms with van der Waals surface area (Å²) in [4.78, 5) is 3.17. The Morgan fingerprint density at radius 1 is 1.17 bits per heavy atom. The summed E-state index contributed by atoms with van der Waals surface area (Å²) in [5, 5.41) is 0.693. The average molecular weight is 340 g/mol. The Labute approximate surface area is 122 Å². The van der Waals surface area contributed by atoms with Crippen molar-refractivity contribution in [1.82, 2.24) is 9.55 Å². The lowest BCUT2D eigenvalue weighted by molar-refractivity contribution is 1.06. The number of fused-ring (bicyclic) bond motifs is 1. The van der Waals surface area contributed by atoms with E-state index in [-0.39, 0.29) is 0 Å². The Morgan fingerprint density at radius 2 is 1.94 bits per heavy atom. The Balaban J connectivity index is 2.40. The molecule has 2 nitrogen and oxygen atoms in total. The first-order valence-corrected chi connectivity index (χ1v) is 6.90. The molecule has 0 radical (unpaired) electrons. The van der Waals surface area contributed by atoms with Crippen molar-refractivity contribution in [2.45, 2.75) is 0 Å². The van der Waals surface area contributed by atoms with Crippen LogP contribution in [-0.4, -0.2) is 9.55 Å². The van der Waals surface area contributed by atoms with E-state index in [1.807, 2.05) is 47.0 Å². The second-order valence-electron chi connectivity index (χ2n) is 3.88. The van der Waals surface area contributed by atoms with Gasteiger partial charge in [-0.25, -0.2) is 0 Å². The van der Waals surface area contributed by atoms with Crippen molar-refractivity contribution >= 4 is 50.8 Å². The molecule has 90 valence electrons. The van der Waals surface area contributed by atoms with Crippen molar-refractivity contribution < 1.29 is 0 Å². The van der Waals surface area contributed by atoms with Crippen molar-refractivity contribution in [1.29, 1.82) is 0 Å². The smallest absolute Gasteiger partial charge is 0.182 e. The van der Waals surface area contributed by atoms with Gasteiger partial charge in [0, 0.05) is 9.50 Å². The van der Waals surface area contributed by atoms with Crippen molar-refractivity contribution in [2.75, 3.05) is 0 Å². The molecule has 5 heteroatoms. The van der Waals surface area contributed by atoms with Crippen LogP contribution in [0.1, 0.15) is 0 Å². The fraction of sp³-hybridized carbons (Fsp3) is 0. The minimum absolute atomic E-state index is 0.652. The number of benzene rings is 2. The molecule has 2 aromatic carbocycles. The number of halogens is 2. The maximum atomic E-state index is 5.99. The summed E-state index contributed by atoms with van der Waals surface area (Å²) in [6.45, 7) is 0. The van der Waals surface area contributed by atoms with E-state index in [0.717, 1.165) is 21.2 Å². The van der Waals surface area contributed by atoms with Crippen LogP contribution in [0.3, 0.4) is 0 Å². The molecule has 0 spiro atoms. The fourth-order valence-corrected chi connectivity index (χ4v) is 2.90. The molecule has 18 heavy (non-hydrogen) atoms. The number of H-pyrrole nitrogens is 1. The summed E-state index contributed by atoms with van der Waals surface area (Å²) in [7, 11) is 0. The largest absolute Gasteiger partial charge is 0.330 e. The third-order valence-corrected chi connectivity index (χ3v) is 3.93. The van der Waals surface area contributed by atoms with Gasteiger partial charge >= 0.3 is 0 Å². The summed E-state index contributed by atoms with van der Waals surface area (Å²) in [6.07, 6.45) is 0. The van der Waals surface area contributed by atoms with Gasteiger partial charge in [0.25, 0.3) is 0 Å². The van der Waals surface area contributed by atoms with Crippen LogP contribution in [-0.2, 0) is 0 Å². The highest BCUT2D eigenvalue weighted by Crippen LogP contribution is 2.26. The lowest BCUT2D eigenvalue weighted by atomic mass is 10.3. The lowest BCUT2D eigenvalue weighted by Gasteiger charge is -2.06. The highest BCUT2D eigenvalue weighted by molar-refractivity contribution is 9.10. The van der Waals surface area contributed by atoms with E-state index in [9.17, 15) is 0 Å². The van der Waals surface area contributed by atoms with Crippen LogP contribution in [0.15, 0.2) is 46.9 Å². The standard InChI is InChI=1S/C13H8BrClN2S/c14-9-3-1-2-4-11(9)17-12-6-5-8(15)7-10(12)16-13(17)18/h1-7H,(H,16,18). The van der Waals surface area contributed by atoms with E-state index in [1.54, 1.807) is 0 Å². The molecule has 0 unspecified atom stereocenters. The van der Waals surface area contributed by atoms with Gasteiger partial charge < -0.3 is 4.98 Å². The van der Waals surface area contributed by atoms with Crippen LogP contribution in [0.5, 0.6) is 0 Å². The topological polar surface area (TPSA) is 20.7 Å². The predicted octanol–water partition coefficient (Wildman–Crippen LogP) is 5.10. The number of aromatic amines is 1. The Bertz CT molecular complexity index is 791. The lowest BCUT2D eigenvalue weighted by Crippen LogP contribution is -1.94. The zero-order valence-corrected chi connectivity index (χ0v) is 12.3. The van der Waals surface area contributed by atoms with E-state index >= 15 is 0 Å². The number of hydrogen-bond acceptors (Lipinski definition) is 1. The molecule has 3 rings (SSSR count). The summed E-state index contributed by atoms with van der Waals surface area (Å²) in [5.41, 5.74) is 2.95. The Kier molecular flexibility index (Phi) is 3.01. The van der Waals surface area contributed by atoms with Gasteiger partial charge in [0.05, 0.1) is 16.7 Å². The van der Waals surface area contributed by atoms with Gasteiger partial charge in [-0.2, -0.15) is 0 Å². The molecule has 0 aliphatic heterocycles. The molecule has 0 saturated heterocycles. The van der Waals surface area contributed by atoms with Gasteiger partial charge in [-0.3, -0.25) is 4.57 Å². The van der Waals surface area contributed by atoms with E-state index in [0.29, 0.717) is 9.79 Å². The second kappa shape index (κ2) is 4.53. The summed E-state index contributed by atoms with van der Waals surface area (Å²) >= 11 is 14.9. The van der Waals surface area contributed by atoms with E-state index < -0.39 is 0 Å². The molecule has 3 aromatic rings. The highest BCUT2D eigenvalue weighted by Gasteiger charge is 2.09. The number of aromatic nitrogens is 2. The van der Waals surface area contributed by atoms with Gasteiger partial charge in [-0.05, 0) is 58.5 Å². The van der Waals surface area contributed by atoms with E-state index in [4.69, 9.17) is 23.8 Å². The molecule has 1 aromatic heterocycles. The first-order chi connectivity index (χ1) is 8.66. The third kappa shape index (κ3) is 1.90.